The van der Waals surface area contributed by atoms with Crippen molar-refractivity contribution in [3.05, 3.63) is 11.7 Å². The van der Waals surface area contributed by atoms with E-state index in [1.165, 1.54) is 10.6 Å². The lowest BCUT2D eigenvalue weighted by Crippen LogP contribution is -2.61. The van der Waals surface area contributed by atoms with Gasteiger partial charge >= 0.3 is 0 Å². The Morgan fingerprint density at radius 3 is 2.58 bits per heavy atom. The van der Waals surface area contributed by atoms with Crippen LogP contribution in [0.4, 0.5) is 0 Å². The Hall–Kier alpha value is -1.48. The van der Waals surface area contributed by atoms with Crippen molar-refractivity contribution in [3.63, 3.8) is 0 Å². The van der Waals surface area contributed by atoms with E-state index in [1.54, 1.807) is 0 Å². The number of sulfonamides is 1. The highest BCUT2D eigenvalue weighted by Gasteiger charge is 2.59. The van der Waals surface area contributed by atoms with E-state index in [1.807, 2.05) is 18.7 Å². The lowest BCUT2D eigenvalue weighted by Gasteiger charge is -2.50. The van der Waals surface area contributed by atoms with Gasteiger partial charge in [0.15, 0.2) is 5.82 Å². The summed E-state index contributed by atoms with van der Waals surface area (Å²) in [5.41, 5.74) is -0.316. The number of nitrogens with zero attached hydrogens (tertiary/aromatic N) is 4. The molecule has 1 unspecified atom stereocenters. The molecule has 8 nitrogen and oxygen atoms in total. The van der Waals surface area contributed by atoms with Crippen LogP contribution in [-0.4, -0.2) is 66.1 Å². The molecule has 0 bridgehead atoms. The number of aromatic nitrogens is 2. The molecule has 9 heteroatoms. The van der Waals surface area contributed by atoms with Gasteiger partial charge in [-0.3, -0.25) is 4.79 Å². The Labute approximate surface area is 154 Å². The monoisotopic (exact) mass is 382 g/mol. The van der Waals surface area contributed by atoms with Crippen LogP contribution in [0, 0.1) is 11.3 Å². The molecule has 144 valence electrons. The number of carbonyl (C=O) groups is 1. The van der Waals surface area contributed by atoms with Gasteiger partial charge in [0.1, 0.15) is 0 Å². The summed E-state index contributed by atoms with van der Waals surface area (Å²) < 4.78 is 31.2. The average molecular weight is 382 g/mol. The molecule has 3 aliphatic rings. The topological polar surface area (TPSA) is 96.6 Å². The number of amides is 1. The third kappa shape index (κ3) is 3.15. The zero-order valence-corrected chi connectivity index (χ0v) is 16.3. The normalized spacial score (nSPS) is 25.8. The van der Waals surface area contributed by atoms with Gasteiger partial charge in [-0.2, -0.15) is 4.98 Å². The SMILES string of the molecule is CC(C)CC(=O)N1CC2(C1)CN(S(C)(=O)=O)CC2c1nc(C2CC2)no1. The predicted molar refractivity (Wildman–Crippen MR) is 93.9 cm³/mol. The number of likely N-dealkylation sites (tertiary alicyclic amines) is 1. The summed E-state index contributed by atoms with van der Waals surface area (Å²) in [5.74, 6) is 1.94. The summed E-state index contributed by atoms with van der Waals surface area (Å²) in [6, 6.07) is 0. The van der Waals surface area contributed by atoms with Gasteiger partial charge < -0.3 is 9.42 Å². The number of rotatable bonds is 5. The van der Waals surface area contributed by atoms with Crippen LogP contribution in [-0.2, 0) is 14.8 Å². The number of hydrogen-bond acceptors (Lipinski definition) is 6. The average Bonchev–Trinajstić information content (AvgIpc) is 3.08. The molecule has 4 rings (SSSR count). The van der Waals surface area contributed by atoms with Gasteiger partial charge in [-0.05, 0) is 18.8 Å². The molecule has 1 atom stereocenters. The Balaban J connectivity index is 1.55. The quantitative estimate of drug-likeness (QED) is 0.759. The summed E-state index contributed by atoms with van der Waals surface area (Å²) in [6.45, 7) is 5.90. The lowest BCUT2D eigenvalue weighted by atomic mass is 9.71. The van der Waals surface area contributed by atoms with Crippen molar-refractivity contribution in [1.29, 1.82) is 0 Å². The van der Waals surface area contributed by atoms with E-state index in [2.05, 4.69) is 10.1 Å². The molecule has 1 aromatic rings. The molecule has 3 heterocycles. The second kappa shape index (κ2) is 6.02. The molecule has 1 aliphatic carbocycles. The molecule has 2 aliphatic heterocycles. The van der Waals surface area contributed by atoms with E-state index in [0.717, 1.165) is 18.7 Å². The van der Waals surface area contributed by atoms with Crippen LogP contribution in [0.25, 0.3) is 0 Å². The lowest BCUT2D eigenvalue weighted by molar-refractivity contribution is -0.144. The maximum atomic E-state index is 12.3. The maximum Gasteiger partial charge on any atom is 0.231 e. The first kappa shape index (κ1) is 17.9. The van der Waals surface area contributed by atoms with Gasteiger partial charge in [-0.1, -0.05) is 19.0 Å². The minimum atomic E-state index is -3.30. The molecule has 0 aromatic carbocycles. The molecule has 0 radical (unpaired) electrons. The Morgan fingerprint density at radius 2 is 2.00 bits per heavy atom. The first-order chi connectivity index (χ1) is 12.2. The Kier molecular flexibility index (Phi) is 4.15. The highest BCUT2D eigenvalue weighted by Crippen LogP contribution is 2.50. The summed E-state index contributed by atoms with van der Waals surface area (Å²) in [4.78, 5) is 18.7. The van der Waals surface area contributed by atoms with Crippen LogP contribution in [0.1, 0.15) is 56.7 Å². The number of carbonyl (C=O) groups excluding carboxylic acids is 1. The zero-order valence-electron chi connectivity index (χ0n) is 15.5. The maximum absolute atomic E-state index is 12.3. The van der Waals surface area contributed by atoms with Gasteiger partial charge in [0.2, 0.25) is 21.8 Å². The highest BCUT2D eigenvalue weighted by molar-refractivity contribution is 7.88. The van der Waals surface area contributed by atoms with Crippen molar-refractivity contribution in [2.45, 2.75) is 44.9 Å². The molecule has 3 fully saturated rings. The first-order valence-electron chi connectivity index (χ1n) is 9.24. The summed E-state index contributed by atoms with van der Waals surface area (Å²) in [7, 11) is -3.30. The molecule has 0 N–H and O–H groups in total. The van der Waals surface area contributed by atoms with Gasteiger partial charge in [0.05, 0.1) is 12.2 Å². The van der Waals surface area contributed by atoms with E-state index in [9.17, 15) is 13.2 Å². The second-order valence-corrected chi connectivity index (χ2v) is 10.6. The molecule has 2 saturated heterocycles. The molecule has 1 amide bonds. The van der Waals surface area contributed by atoms with Crippen molar-refractivity contribution in [3.8, 4) is 0 Å². The summed E-state index contributed by atoms with van der Waals surface area (Å²) in [6.07, 6.45) is 3.92. The highest BCUT2D eigenvalue weighted by atomic mass is 32.2. The van der Waals surface area contributed by atoms with E-state index >= 15 is 0 Å². The van der Waals surface area contributed by atoms with Crippen molar-refractivity contribution in [1.82, 2.24) is 19.3 Å². The molecule has 26 heavy (non-hydrogen) atoms. The van der Waals surface area contributed by atoms with Crippen molar-refractivity contribution in [2.75, 3.05) is 32.4 Å². The Morgan fingerprint density at radius 1 is 1.31 bits per heavy atom. The summed E-state index contributed by atoms with van der Waals surface area (Å²) in [5, 5.41) is 4.09. The first-order valence-corrected chi connectivity index (χ1v) is 11.1. The van der Waals surface area contributed by atoms with Gasteiger partial charge in [0, 0.05) is 43.9 Å². The smallest absolute Gasteiger partial charge is 0.231 e. The van der Waals surface area contributed by atoms with E-state index < -0.39 is 10.0 Å². The van der Waals surface area contributed by atoms with Crippen molar-refractivity contribution in [2.24, 2.45) is 11.3 Å². The summed E-state index contributed by atoms with van der Waals surface area (Å²) >= 11 is 0. The zero-order chi connectivity index (χ0) is 18.7. The third-order valence-corrected chi connectivity index (χ3v) is 6.95. The minimum absolute atomic E-state index is 0.131. The third-order valence-electron chi connectivity index (χ3n) is 5.73. The van der Waals surface area contributed by atoms with Crippen LogP contribution >= 0.6 is 0 Å². The molecule has 1 aromatic heterocycles. The van der Waals surface area contributed by atoms with Crippen LogP contribution in [0.2, 0.25) is 0 Å². The molecule has 1 spiro atoms. The van der Waals surface area contributed by atoms with Crippen molar-refractivity contribution < 1.29 is 17.7 Å². The fourth-order valence-electron chi connectivity index (χ4n) is 4.10. The van der Waals surface area contributed by atoms with Crippen LogP contribution in [0.15, 0.2) is 4.52 Å². The fourth-order valence-corrected chi connectivity index (χ4v) is 5.01. The Bertz CT molecular complexity index is 808. The molecular formula is C17H26N4O4S. The minimum Gasteiger partial charge on any atom is -0.341 e. The molecule has 1 saturated carbocycles. The van der Waals surface area contributed by atoms with Gasteiger partial charge in [-0.25, -0.2) is 12.7 Å². The van der Waals surface area contributed by atoms with Crippen LogP contribution in [0.5, 0.6) is 0 Å². The predicted octanol–water partition coefficient (Wildman–Crippen LogP) is 1.18. The fraction of sp³-hybridized carbons (Fsp3) is 0.824. The van der Waals surface area contributed by atoms with E-state index in [0.29, 0.717) is 50.3 Å². The standard InChI is InChI=1S/C17H26N4O4S/c1-11(2)6-14(22)20-8-17(9-20)10-21(26(3,23)24)7-13(17)16-18-15(19-25-16)12-4-5-12/h11-13H,4-10H2,1-3H3. The van der Waals surface area contributed by atoms with Gasteiger partial charge in [0.25, 0.3) is 0 Å². The van der Waals surface area contributed by atoms with Crippen LogP contribution < -0.4 is 0 Å². The van der Waals surface area contributed by atoms with Gasteiger partial charge in [-0.15, -0.1) is 0 Å². The van der Waals surface area contributed by atoms with E-state index in [-0.39, 0.29) is 17.2 Å². The molecular weight excluding hydrogens is 356 g/mol. The number of hydrogen-bond donors (Lipinski definition) is 0. The van der Waals surface area contributed by atoms with Crippen molar-refractivity contribution >= 4 is 15.9 Å². The largest absolute Gasteiger partial charge is 0.341 e. The second-order valence-electron chi connectivity index (χ2n) is 8.58. The van der Waals surface area contributed by atoms with E-state index in [4.69, 9.17) is 4.52 Å². The van der Waals surface area contributed by atoms with Crippen LogP contribution in [0.3, 0.4) is 0 Å².